The molecule has 3 N–H and O–H groups in total. The Morgan fingerprint density at radius 1 is 1.03 bits per heavy atom. The molecule has 2 aromatic carbocycles. The highest BCUT2D eigenvalue weighted by Crippen LogP contribution is 2.26. The van der Waals surface area contributed by atoms with E-state index in [2.05, 4.69) is 15.6 Å². The van der Waals surface area contributed by atoms with E-state index in [-0.39, 0.29) is 23.1 Å². The van der Waals surface area contributed by atoms with Crippen molar-refractivity contribution in [2.45, 2.75) is 45.2 Å². The quantitative estimate of drug-likeness (QED) is 0.370. The van der Waals surface area contributed by atoms with Gasteiger partial charge in [-0.15, -0.1) is 11.3 Å². The van der Waals surface area contributed by atoms with Crippen LogP contribution in [0, 0.1) is 17.6 Å². The summed E-state index contributed by atoms with van der Waals surface area (Å²) in [4.78, 5) is 42.3. The molecule has 190 valence electrons. The smallest absolute Gasteiger partial charge is 0.306 e. The number of nitrogens with zero attached hydrogens (tertiary/aromatic N) is 1. The number of hydrogen-bond donors (Lipinski definition) is 3. The first-order valence-corrected chi connectivity index (χ1v) is 12.1. The van der Waals surface area contributed by atoms with E-state index in [9.17, 15) is 28.3 Å². The summed E-state index contributed by atoms with van der Waals surface area (Å²) < 4.78 is 26.4. The fraction of sp³-hybridized carbons (Fsp3) is 0.308. The monoisotopic (exact) mass is 515 g/mol. The van der Waals surface area contributed by atoms with E-state index in [1.165, 1.54) is 37.4 Å². The molecule has 0 bridgehead atoms. The van der Waals surface area contributed by atoms with Crippen LogP contribution in [0.4, 0.5) is 8.78 Å². The lowest BCUT2D eigenvalue weighted by molar-refractivity contribution is -0.141. The third-order valence-electron chi connectivity index (χ3n) is 5.48. The first kappa shape index (κ1) is 26.9. The molecule has 0 aliphatic carbocycles. The number of thiazole rings is 1. The number of carboxylic acids is 1. The summed E-state index contributed by atoms with van der Waals surface area (Å²) in [6, 6.07) is 10.5. The van der Waals surface area contributed by atoms with Crippen LogP contribution in [0.1, 0.15) is 42.6 Å². The number of carbonyl (C=O) groups is 3. The van der Waals surface area contributed by atoms with E-state index in [4.69, 9.17) is 0 Å². The predicted octanol–water partition coefficient (Wildman–Crippen LogP) is 4.44. The number of rotatable bonds is 10. The number of halogens is 2. The van der Waals surface area contributed by atoms with E-state index >= 15 is 0 Å². The molecule has 0 spiro atoms. The summed E-state index contributed by atoms with van der Waals surface area (Å²) in [5, 5.41) is 14.9. The van der Waals surface area contributed by atoms with Crippen molar-refractivity contribution in [1.29, 1.82) is 0 Å². The number of aromatic nitrogens is 1. The molecule has 0 fully saturated rings. The minimum atomic E-state index is -1.13. The first-order chi connectivity index (χ1) is 16.9. The normalized spacial score (nSPS) is 13.0. The Balaban J connectivity index is 1.73. The van der Waals surface area contributed by atoms with E-state index in [1.807, 2.05) is 0 Å². The Morgan fingerprint density at radius 3 is 2.19 bits per heavy atom. The van der Waals surface area contributed by atoms with Crippen LogP contribution in [0.3, 0.4) is 0 Å². The summed E-state index contributed by atoms with van der Waals surface area (Å²) in [5.74, 6) is -3.91. The van der Waals surface area contributed by atoms with Gasteiger partial charge in [-0.2, -0.15) is 0 Å². The number of aliphatic carboxylic acids is 1. The maximum atomic E-state index is 13.2. The number of carboxylic acid groups (broad SMARTS) is 1. The van der Waals surface area contributed by atoms with Gasteiger partial charge in [-0.05, 0) is 62.1 Å². The highest BCUT2D eigenvalue weighted by molar-refractivity contribution is 7.17. The number of nitrogens with one attached hydrogen (secondary N) is 2. The van der Waals surface area contributed by atoms with Gasteiger partial charge in [0.2, 0.25) is 5.91 Å². The molecule has 3 aromatic rings. The minimum absolute atomic E-state index is 0.0840. The van der Waals surface area contributed by atoms with Gasteiger partial charge in [0.25, 0.3) is 5.91 Å². The van der Waals surface area contributed by atoms with Crippen molar-refractivity contribution < 1.29 is 28.3 Å². The Morgan fingerprint density at radius 2 is 1.61 bits per heavy atom. The number of carbonyl (C=O) groups excluding carboxylic acids is 2. The SMILES string of the molecule is CC(C[C@H](NC(=O)c1ncc(-c2ccc(F)cc2)s1)C(=O)NC(C)(C)Cc1ccc(F)cc1)C(=O)O. The van der Waals surface area contributed by atoms with E-state index in [0.29, 0.717) is 16.9 Å². The summed E-state index contributed by atoms with van der Waals surface area (Å²) in [5.41, 5.74) is 0.725. The Hall–Kier alpha value is -3.66. The topological polar surface area (TPSA) is 108 Å². The largest absolute Gasteiger partial charge is 0.481 e. The standard InChI is InChI=1S/C26H27F2N3O4S/c1-15(25(34)35)12-20(22(32)31-26(2,3)13-16-4-8-18(27)9-5-16)30-23(33)24-29-14-21(36-24)17-6-10-19(28)11-7-17/h4-11,14-15,20H,12-13H2,1-3H3,(H,30,33)(H,31,32)(H,34,35)/t15?,20-/m0/s1. The molecule has 0 saturated heterocycles. The molecule has 7 nitrogen and oxygen atoms in total. The lowest BCUT2D eigenvalue weighted by atomic mass is 9.93. The van der Waals surface area contributed by atoms with Crippen molar-refractivity contribution in [3.8, 4) is 10.4 Å². The van der Waals surface area contributed by atoms with E-state index in [1.54, 1.807) is 38.1 Å². The number of amides is 2. The second-order valence-corrected chi connectivity index (χ2v) is 10.2. The van der Waals surface area contributed by atoms with Crippen LogP contribution in [-0.2, 0) is 16.0 Å². The van der Waals surface area contributed by atoms with Gasteiger partial charge in [-0.25, -0.2) is 13.8 Å². The highest BCUT2D eigenvalue weighted by atomic mass is 32.1. The zero-order valence-electron chi connectivity index (χ0n) is 20.0. The average molecular weight is 516 g/mol. The summed E-state index contributed by atoms with van der Waals surface area (Å²) in [6.07, 6.45) is 1.74. The van der Waals surface area contributed by atoms with Gasteiger partial charge in [-0.1, -0.05) is 31.2 Å². The Bertz CT molecular complexity index is 1230. The molecule has 3 rings (SSSR count). The van der Waals surface area contributed by atoms with Crippen LogP contribution in [0.5, 0.6) is 0 Å². The molecule has 1 aromatic heterocycles. The van der Waals surface area contributed by atoms with Crippen molar-refractivity contribution in [2.75, 3.05) is 0 Å². The Kier molecular flexibility index (Phi) is 8.52. The minimum Gasteiger partial charge on any atom is -0.481 e. The van der Waals surface area contributed by atoms with Crippen LogP contribution in [0.2, 0.25) is 0 Å². The number of benzene rings is 2. The van der Waals surface area contributed by atoms with E-state index in [0.717, 1.165) is 16.9 Å². The van der Waals surface area contributed by atoms with Crippen molar-refractivity contribution in [3.63, 3.8) is 0 Å². The number of hydrogen-bond acceptors (Lipinski definition) is 5. The molecule has 0 aliphatic heterocycles. The predicted molar refractivity (Wildman–Crippen MR) is 133 cm³/mol. The molecule has 0 aliphatic rings. The maximum absolute atomic E-state index is 13.2. The van der Waals surface area contributed by atoms with Gasteiger partial charge in [0, 0.05) is 11.7 Å². The third kappa shape index (κ3) is 7.42. The maximum Gasteiger partial charge on any atom is 0.306 e. The van der Waals surface area contributed by atoms with Crippen molar-refractivity contribution in [1.82, 2.24) is 15.6 Å². The highest BCUT2D eigenvalue weighted by Gasteiger charge is 2.31. The third-order valence-corrected chi connectivity index (χ3v) is 6.53. The van der Waals surface area contributed by atoms with Gasteiger partial charge >= 0.3 is 5.97 Å². The van der Waals surface area contributed by atoms with Crippen LogP contribution >= 0.6 is 11.3 Å². The molecule has 1 heterocycles. The van der Waals surface area contributed by atoms with Crippen molar-refractivity contribution in [2.24, 2.45) is 5.92 Å². The molecule has 36 heavy (non-hydrogen) atoms. The lowest BCUT2D eigenvalue weighted by Gasteiger charge is -2.30. The molecule has 0 radical (unpaired) electrons. The fourth-order valence-corrected chi connectivity index (χ4v) is 4.43. The van der Waals surface area contributed by atoms with Crippen LogP contribution < -0.4 is 10.6 Å². The first-order valence-electron chi connectivity index (χ1n) is 11.3. The summed E-state index contributed by atoms with van der Waals surface area (Å²) >= 11 is 1.07. The van der Waals surface area contributed by atoms with Crippen molar-refractivity contribution in [3.05, 3.63) is 76.9 Å². The summed E-state index contributed by atoms with van der Waals surface area (Å²) in [6.45, 7) is 5.02. The molecule has 0 saturated carbocycles. The second-order valence-electron chi connectivity index (χ2n) is 9.21. The molecule has 1 unspecified atom stereocenters. The molecule has 10 heteroatoms. The van der Waals surface area contributed by atoms with Crippen molar-refractivity contribution >= 4 is 29.1 Å². The average Bonchev–Trinajstić information content (AvgIpc) is 3.30. The van der Waals surface area contributed by atoms with Gasteiger partial charge in [0.05, 0.1) is 10.8 Å². The molecule has 2 amide bonds. The van der Waals surface area contributed by atoms with Gasteiger partial charge in [0.1, 0.15) is 17.7 Å². The summed E-state index contributed by atoms with van der Waals surface area (Å²) in [7, 11) is 0. The zero-order valence-corrected chi connectivity index (χ0v) is 20.9. The Labute approximate surface area is 211 Å². The molecular weight excluding hydrogens is 488 g/mol. The zero-order chi connectivity index (χ0) is 26.5. The second kappa shape index (κ2) is 11.4. The van der Waals surface area contributed by atoms with Crippen LogP contribution in [-0.4, -0.2) is 39.5 Å². The van der Waals surface area contributed by atoms with Crippen LogP contribution in [0.25, 0.3) is 10.4 Å². The van der Waals surface area contributed by atoms with Gasteiger partial charge < -0.3 is 15.7 Å². The molecular formula is C26H27F2N3O4S. The van der Waals surface area contributed by atoms with Gasteiger partial charge in [0.15, 0.2) is 5.01 Å². The van der Waals surface area contributed by atoms with Gasteiger partial charge in [-0.3, -0.25) is 14.4 Å². The molecule has 2 atom stereocenters. The van der Waals surface area contributed by atoms with E-state index < -0.39 is 35.3 Å². The van der Waals surface area contributed by atoms with Crippen LogP contribution in [0.15, 0.2) is 54.7 Å². The lowest BCUT2D eigenvalue weighted by Crippen LogP contribution is -2.54. The fourth-order valence-electron chi connectivity index (χ4n) is 3.61.